The predicted molar refractivity (Wildman–Crippen MR) is 112 cm³/mol. The number of pyridine rings is 1. The lowest BCUT2D eigenvalue weighted by molar-refractivity contribution is -0.136. The zero-order valence-electron chi connectivity index (χ0n) is 16.7. The molecule has 0 fully saturated rings. The van der Waals surface area contributed by atoms with Gasteiger partial charge in [0, 0.05) is 23.7 Å². The number of furan rings is 1. The highest BCUT2D eigenvalue weighted by atomic mass is 19.4. The third-order valence-corrected chi connectivity index (χ3v) is 5.08. The number of alkyl halides is 3. The average molecular weight is 410 g/mol. The van der Waals surface area contributed by atoms with Crippen LogP contribution in [0.4, 0.5) is 18.9 Å². The molecule has 2 aromatic carbocycles. The summed E-state index contributed by atoms with van der Waals surface area (Å²) in [5.74, 6) is 1.76. The molecular formula is C24H21F3N2O. The van der Waals surface area contributed by atoms with E-state index in [0.717, 1.165) is 46.4 Å². The van der Waals surface area contributed by atoms with E-state index in [-0.39, 0.29) is 5.52 Å². The van der Waals surface area contributed by atoms with Crippen LogP contribution in [0, 0.1) is 6.92 Å². The molecule has 0 atom stereocenters. The van der Waals surface area contributed by atoms with Crippen molar-refractivity contribution in [3.8, 4) is 11.1 Å². The zero-order valence-corrected chi connectivity index (χ0v) is 16.7. The second-order valence-corrected chi connectivity index (χ2v) is 7.17. The van der Waals surface area contributed by atoms with Gasteiger partial charge in [0.05, 0.1) is 17.6 Å². The number of aromatic nitrogens is 1. The van der Waals surface area contributed by atoms with Gasteiger partial charge in [-0.25, -0.2) is 0 Å². The van der Waals surface area contributed by atoms with Crippen LogP contribution in [0.3, 0.4) is 0 Å². The fourth-order valence-electron chi connectivity index (χ4n) is 3.62. The summed E-state index contributed by atoms with van der Waals surface area (Å²) in [5.41, 5.74) is 2.50. The molecule has 4 aromatic rings. The molecule has 4 rings (SSSR count). The predicted octanol–water partition coefficient (Wildman–Crippen LogP) is 7.00. The summed E-state index contributed by atoms with van der Waals surface area (Å²) in [7, 11) is 0. The van der Waals surface area contributed by atoms with Crippen molar-refractivity contribution in [2.45, 2.75) is 33.0 Å². The van der Waals surface area contributed by atoms with Gasteiger partial charge in [-0.1, -0.05) is 31.2 Å². The van der Waals surface area contributed by atoms with Crippen molar-refractivity contribution < 1.29 is 17.6 Å². The molecule has 0 saturated heterocycles. The lowest BCUT2D eigenvalue weighted by Crippen LogP contribution is -2.07. The van der Waals surface area contributed by atoms with Gasteiger partial charge in [-0.05, 0) is 53.9 Å². The van der Waals surface area contributed by atoms with Gasteiger partial charge in [-0.3, -0.25) is 4.98 Å². The van der Waals surface area contributed by atoms with Crippen LogP contribution < -0.4 is 5.32 Å². The maximum absolute atomic E-state index is 13.4. The number of hydrogen-bond donors (Lipinski definition) is 1. The highest BCUT2D eigenvalue weighted by Crippen LogP contribution is 2.38. The Morgan fingerprint density at radius 1 is 1.00 bits per heavy atom. The van der Waals surface area contributed by atoms with Gasteiger partial charge in [0.2, 0.25) is 0 Å². The van der Waals surface area contributed by atoms with Crippen molar-refractivity contribution in [3.63, 3.8) is 0 Å². The molecule has 0 aliphatic heterocycles. The van der Waals surface area contributed by atoms with Gasteiger partial charge in [-0.15, -0.1) is 0 Å². The molecule has 1 N–H and O–H groups in total. The van der Waals surface area contributed by atoms with Crippen molar-refractivity contribution in [1.82, 2.24) is 4.98 Å². The van der Waals surface area contributed by atoms with Crippen molar-refractivity contribution in [2.24, 2.45) is 0 Å². The van der Waals surface area contributed by atoms with Crippen molar-refractivity contribution >= 4 is 16.6 Å². The normalized spacial score (nSPS) is 11.8. The molecule has 0 saturated carbocycles. The van der Waals surface area contributed by atoms with E-state index in [1.54, 1.807) is 6.07 Å². The molecule has 0 spiro atoms. The first kappa shape index (κ1) is 20.0. The van der Waals surface area contributed by atoms with Crippen LogP contribution in [0.15, 0.2) is 65.2 Å². The van der Waals surface area contributed by atoms with Crippen LogP contribution in [0.1, 0.15) is 29.6 Å². The van der Waals surface area contributed by atoms with Crippen molar-refractivity contribution in [1.29, 1.82) is 0 Å². The first-order chi connectivity index (χ1) is 14.4. The third-order valence-electron chi connectivity index (χ3n) is 5.08. The Hall–Kier alpha value is -3.28. The van der Waals surface area contributed by atoms with Crippen LogP contribution in [-0.4, -0.2) is 4.98 Å². The van der Waals surface area contributed by atoms with Crippen LogP contribution >= 0.6 is 0 Å². The monoisotopic (exact) mass is 410 g/mol. The number of fused-ring (bicyclic) bond motifs is 1. The minimum Gasteiger partial charge on any atom is -0.464 e. The summed E-state index contributed by atoms with van der Waals surface area (Å²) in [4.78, 5) is 4.09. The number of nitrogens with one attached hydrogen (secondary N) is 1. The first-order valence-corrected chi connectivity index (χ1v) is 9.74. The van der Waals surface area contributed by atoms with Gasteiger partial charge in [0.25, 0.3) is 0 Å². The standard InChI is InChI=1S/C24H21F3N2O/c1-3-18-10-11-19(30-18)14-28-17-7-4-6-16(12-17)22-15(2)13-29-23-20(22)8-5-9-21(23)24(25,26)27/h4-13,28H,3,14H2,1-2H3. The Bertz CT molecular complexity index is 1190. The van der Waals surface area contributed by atoms with E-state index < -0.39 is 11.7 Å². The van der Waals surface area contributed by atoms with E-state index in [9.17, 15) is 13.2 Å². The maximum Gasteiger partial charge on any atom is 0.418 e. The van der Waals surface area contributed by atoms with E-state index in [1.807, 2.05) is 50.2 Å². The third kappa shape index (κ3) is 3.90. The first-order valence-electron chi connectivity index (χ1n) is 9.74. The molecule has 2 heterocycles. The maximum atomic E-state index is 13.4. The van der Waals surface area contributed by atoms with Gasteiger partial charge in [0.15, 0.2) is 0 Å². The number of anilines is 1. The number of aryl methyl sites for hydroxylation is 2. The van der Waals surface area contributed by atoms with Crippen molar-refractivity contribution in [2.75, 3.05) is 5.32 Å². The van der Waals surface area contributed by atoms with Gasteiger partial charge in [-0.2, -0.15) is 13.2 Å². The summed E-state index contributed by atoms with van der Waals surface area (Å²) in [5, 5.41) is 3.81. The largest absolute Gasteiger partial charge is 0.464 e. The smallest absolute Gasteiger partial charge is 0.418 e. The number of para-hydroxylation sites is 1. The van der Waals surface area contributed by atoms with Gasteiger partial charge < -0.3 is 9.73 Å². The fraction of sp³-hybridized carbons (Fsp3) is 0.208. The van der Waals surface area contributed by atoms with E-state index in [4.69, 9.17) is 4.42 Å². The Balaban J connectivity index is 1.72. The molecule has 2 aromatic heterocycles. The van der Waals surface area contributed by atoms with Gasteiger partial charge in [0.1, 0.15) is 11.5 Å². The lowest BCUT2D eigenvalue weighted by Gasteiger charge is -2.15. The Morgan fingerprint density at radius 3 is 2.50 bits per heavy atom. The molecule has 154 valence electrons. The zero-order chi connectivity index (χ0) is 21.3. The fourth-order valence-corrected chi connectivity index (χ4v) is 3.62. The Labute approximate surface area is 172 Å². The summed E-state index contributed by atoms with van der Waals surface area (Å²) in [6.45, 7) is 4.42. The topological polar surface area (TPSA) is 38.1 Å². The number of nitrogens with zero attached hydrogens (tertiary/aromatic N) is 1. The lowest BCUT2D eigenvalue weighted by atomic mass is 9.95. The summed E-state index contributed by atoms with van der Waals surface area (Å²) < 4.78 is 46.1. The summed E-state index contributed by atoms with van der Waals surface area (Å²) in [6, 6.07) is 15.7. The van der Waals surface area contributed by atoms with Crippen LogP contribution in [0.2, 0.25) is 0 Å². The van der Waals surface area contributed by atoms with E-state index >= 15 is 0 Å². The highest BCUT2D eigenvalue weighted by Gasteiger charge is 2.33. The molecule has 0 amide bonds. The SMILES string of the molecule is CCc1ccc(CNc2cccc(-c3c(C)cnc4c(C(F)(F)F)cccc34)c2)o1. The number of hydrogen-bond acceptors (Lipinski definition) is 3. The Morgan fingerprint density at radius 2 is 1.77 bits per heavy atom. The van der Waals surface area contributed by atoms with Crippen LogP contribution in [0.5, 0.6) is 0 Å². The summed E-state index contributed by atoms with van der Waals surface area (Å²) in [6.07, 6.45) is -2.12. The average Bonchev–Trinajstić information content (AvgIpc) is 3.19. The minimum atomic E-state index is -4.46. The molecule has 30 heavy (non-hydrogen) atoms. The van der Waals surface area contributed by atoms with E-state index in [0.29, 0.717) is 11.9 Å². The molecule has 0 bridgehead atoms. The highest BCUT2D eigenvalue weighted by molar-refractivity contribution is 5.98. The van der Waals surface area contributed by atoms with E-state index in [2.05, 4.69) is 10.3 Å². The van der Waals surface area contributed by atoms with Crippen LogP contribution in [0.25, 0.3) is 22.0 Å². The molecule has 0 aliphatic carbocycles. The van der Waals surface area contributed by atoms with Gasteiger partial charge >= 0.3 is 6.18 Å². The van der Waals surface area contributed by atoms with Crippen molar-refractivity contribution in [3.05, 3.63) is 83.4 Å². The summed E-state index contributed by atoms with van der Waals surface area (Å²) >= 11 is 0. The number of benzene rings is 2. The molecular weight excluding hydrogens is 389 g/mol. The molecule has 0 radical (unpaired) electrons. The molecule has 0 aliphatic rings. The second kappa shape index (κ2) is 7.86. The number of halogens is 3. The quantitative estimate of drug-likeness (QED) is 0.385. The van der Waals surface area contributed by atoms with Crippen LogP contribution in [-0.2, 0) is 19.1 Å². The number of rotatable bonds is 5. The second-order valence-electron chi connectivity index (χ2n) is 7.17. The molecule has 6 heteroatoms. The molecule has 0 unspecified atom stereocenters. The Kier molecular flexibility index (Phi) is 5.24. The molecule has 3 nitrogen and oxygen atoms in total. The minimum absolute atomic E-state index is 0.0355. The van der Waals surface area contributed by atoms with E-state index in [1.165, 1.54) is 12.3 Å².